The molecule has 0 rings (SSSR count). The normalized spacial score (nSPS) is 15.2. The highest BCUT2D eigenvalue weighted by molar-refractivity contribution is 14.1. The molecule has 2 N–H and O–H groups in total. The summed E-state index contributed by atoms with van der Waals surface area (Å²) in [6.07, 6.45) is 0. The van der Waals surface area contributed by atoms with Crippen molar-refractivity contribution in [3.8, 4) is 0 Å². The molecule has 0 amide bonds. The third-order valence-corrected chi connectivity index (χ3v) is 1.53. The van der Waals surface area contributed by atoms with Crippen LogP contribution in [0.1, 0.15) is 20.8 Å². The zero-order valence-electron chi connectivity index (χ0n) is 5.94. The highest BCUT2D eigenvalue weighted by Crippen LogP contribution is 2.18. The Labute approximate surface area is 69.3 Å². The minimum Gasteiger partial charge on any atom is -0.322 e. The first-order valence-electron chi connectivity index (χ1n) is 2.84. The number of carbonyl (C=O) groups excluding carboxylic acids is 1. The van der Waals surface area contributed by atoms with Crippen molar-refractivity contribution in [1.29, 1.82) is 0 Å². The average molecular weight is 241 g/mol. The van der Waals surface area contributed by atoms with Crippen LogP contribution in [0.2, 0.25) is 0 Å². The van der Waals surface area contributed by atoms with E-state index in [2.05, 4.69) is 22.6 Å². The van der Waals surface area contributed by atoms with Crippen LogP contribution in [0.15, 0.2) is 0 Å². The van der Waals surface area contributed by atoms with Gasteiger partial charge in [0.25, 0.3) is 0 Å². The second-order valence-corrected chi connectivity index (χ2v) is 5.32. The molecule has 1 unspecified atom stereocenters. The van der Waals surface area contributed by atoms with Gasteiger partial charge in [-0.1, -0.05) is 22.6 Å². The Kier molecular flexibility index (Phi) is 3.08. The first-order valence-corrected chi connectivity index (χ1v) is 3.92. The lowest BCUT2D eigenvalue weighted by Gasteiger charge is -2.16. The summed E-state index contributed by atoms with van der Waals surface area (Å²) < 4.78 is -0.314. The van der Waals surface area contributed by atoms with Crippen LogP contribution < -0.4 is 5.73 Å². The van der Waals surface area contributed by atoms with Gasteiger partial charge in [-0.2, -0.15) is 0 Å². The summed E-state index contributed by atoms with van der Waals surface area (Å²) in [6, 6.07) is -0.336. The molecule has 9 heavy (non-hydrogen) atoms. The van der Waals surface area contributed by atoms with Gasteiger partial charge in [-0.3, -0.25) is 4.79 Å². The van der Waals surface area contributed by atoms with Crippen LogP contribution in [0.3, 0.4) is 0 Å². The zero-order valence-corrected chi connectivity index (χ0v) is 8.10. The summed E-state index contributed by atoms with van der Waals surface area (Å²) >= 11 is 2.09. The summed E-state index contributed by atoms with van der Waals surface area (Å²) in [4.78, 5) is 11.0. The molecule has 0 aromatic carbocycles. The lowest BCUT2D eigenvalue weighted by atomic mass is 10.0. The standard InChI is InChI=1S/C6H12INO/c1-4(8)5(9)6(2,3)7/h4H,8H2,1-3H3. The van der Waals surface area contributed by atoms with Gasteiger partial charge in [0, 0.05) is 0 Å². The maximum atomic E-state index is 11.0. The first kappa shape index (κ1) is 9.36. The van der Waals surface area contributed by atoms with Crippen molar-refractivity contribution in [1.82, 2.24) is 0 Å². The van der Waals surface area contributed by atoms with Crippen molar-refractivity contribution in [2.24, 2.45) is 5.73 Å². The number of ketones is 1. The molecule has 2 nitrogen and oxygen atoms in total. The van der Waals surface area contributed by atoms with E-state index < -0.39 is 0 Å². The summed E-state index contributed by atoms with van der Waals surface area (Å²) in [5.41, 5.74) is 5.37. The maximum absolute atomic E-state index is 11.0. The molecular weight excluding hydrogens is 229 g/mol. The molecule has 0 fully saturated rings. The third kappa shape index (κ3) is 3.15. The highest BCUT2D eigenvalue weighted by atomic mass is 127. The van der Waals surface area contributed by atoms with Crippen molar-refractivity contribution in [3.05, 3.63) is 0 Å². The van der Waals surface area contributed by atoms with Crippen molar-refractivity contribution >= 4 is 28.4 Å². The quantitative estimate of drug-likeness (QED) is 0.581. The van der Waals surface area contributed by atoms with Gasteiger partial charge in [0.2, 0.25) is 0 Å². The van der Waals surface area contributed by atoms with Crippen LogP contribution in [0.4, 0.5) is 0 Å². The van der Waals surface area contributed by atoms with E-state index >= 15 is 0 Å². The molecule has 3 heteroatoms. The summed E-state index contributed by atoms with van der Waals surface area (Å²) in [5, 5.41) is 0. The molecule has 0 spiro atoms. The maximum Gasteiger partial charge on any atom is 0.164 e. The molecule has 0 bridgehead atoms. The van der Waals surface area contributed by atoms with E-state index in [1.54, 1.807) is 6.92 Å². The molecule has 54 valence electrons. The van der Waals surface area contributed by atoms with Gasteiger partial charge in [-0.05, 0) is 20.8 Å². The van der Waals surface area contributed by atoms with Gasteiger partial charge in [0.15, 0.2) is 5.78 Å². The lowest BCUT2D eigenvalue weighted by molar-refractivity contribution is -0.121. The number of rotatable bonds is 2. The second kappa shape index (κ2) is 2.96. The SMILES string of the molecule is CC(N)C(=O)C(C)(C)I. The molecule has 0 heterocycles. The second-order valence-electron chi connectivity index (χ2n) is 2.63. The molecule has 0 radical (unpaired) electrons. The van der Waals surface area contributed by atoms with E-state index in [1.807, 2.05) is 13.8 Å². The molecular formula is C6H12INO. The van der Waals surface area contributed by atoms with E-state index in [0.29, 0.717) is 0 Å². The molecule has 0 aliphatic heterocycles. The highest BCUT2D eigenvalue weighted by Gasteiger charge is 2.25. The van der Waals surface area contributed by atoms with Crippen molar-refractivity contribution < 1.29 is 4.79 Å². The topological polar surface area (TPSA) is 43.1 Å². The third-order valence-electron chi connectivity index (χ3n) is 0.999. The van der Waals surface area contributed by atoms with Gasteiger partial charge >= 0.3 is 0 Å². The van der Waals surface area contributed by atoms with Gasteiger partial charge in [-0.25, -0.2) is 0 Å². The van der Waals surface area contributed by atoms with E-state index in [0.717, 1.165) is 0 Å². The van der Waals surface area contributed by atoms with Crippen molar-refractivity contribution in [2.45, 2.75) is 30.2 Å². The van der Waals surface area contributed by atoms with Gasteiger partial charge in [0.1, 0.15) is 0 Å². The monoisotopic (exact) mass is 241 g/mol. The Bertz CT molecular complexity index is 115. The number of alkyl halides is 1. The Morgan fingerprint density at radius 2 is 2.00 bits per heavy atom. The van der Waals surface area contributed by atoms with Crippen LogP contribution in [0, 0.1) is 0 Å². The van der Waals surface area contributed by atoms with E-state index in [9.17, 15) is 4.79 Å². The molecule has 0 saturated heterocycles. The fourth-order valence-corrected chi connectivity index (χ4v) is 1.03. The lowest BCUT2D eigenvalue weighted by Crippen LogP contribution is -2.38. The zero-order chi connectivity index (χ0) is 7.65. The average Bonchev–Trinajstić information content (AvgIpc) is 1.62. The molecule has 0 aliphatic rings. The Morgan fingerprint density at radius 3 is 2.00 bits per heavy atom. The molecule has 0 aliphatic carbocycles. The number of hydrogen-bond acceptors (Lipinski definition) is 2. The van der Waals surface area contributed by atoms with Crippen LogP contribution in [-0.4, -0.2) is 15.2 Å². The number of halogens is 1. The Balaban J connectivity index is 4.06. The van der Waals surface area contributed by atoms with Crippen LogP contribution in [0.25, 0.3) is 0 Å². The fraction of sp³-hybridized carbons (Fsp3) is 0.833. The Hall–Kier alpha value is 0.360. The van der Waals surface area contributed by atoms with Crippen molar-refractivity contribution in [2.75, 3.05) is 0 Å². The van der Waals surface area contributed by atoms with Crippen molar-refractivity contribution in [3.63, 3.8) is 0 Å². The minimum absolute atomic E-state index is 0.100. The van der Waals surface area contributed by atoms with E-state index in [1.165, 1.54) is 0 Å². The fourth-order valence-electron chi connectivity index (χ4n) is 0.541. The minimum atomic E-state index is -0.336. The van der Waals surface area contributed by atoms with Crippen LogP contribution >= 0.6 is 22.6 Å². The molecule has 0 aromatic heterocycles. The smallest absolute Gasteiger partial charge is 0.164 e. The number of nitrogens with two attached hydrogens (primary N) is 1. The van der Waals surface area contributed by atoms with Crippen LogP contribution in [0.5, 0.6) is 0 Å². The summed E-state index contributed by atoms with van der Waals surface area (Å²) in [6.45, 7) is 5.43. The predicted molar refractivity (Wildman–Crippen MR) is 46.8 cm³/mol. The number of Topliss-reactive ketones (excluding diaryl/α,β-unsaturated/α-hetero) is 1. The number of hydrogen-bond donors (Lipinski definition) is 1. The molecule has 0 saturated carbocycles. The Morgan fingerprint density at radius 1 is 1.67 bits per heavy atom. The molecule has 1 atom stereocenters. The molecule has 0 aromatic rings. The summed E-state index contributed by atoms with van der Waals surface area (Å²) in [7, 11) is 0. The van der Waals surface area contributed by atoms with Gasteiger partial charge in [0.05, 0.1) is 9.46 Å². The first-order chi connectivity index (χ1) is 3.85. The van der Waals surface area contributed by atoms with Gasteiger partial charge in [-0.15, -0.1) is 0 Å². The van der Waals surface area contributed by atoms with Crippen LogP contribution in [-0.2, 0) is 4.79 Å². The summed E-state index contributed by atoms with van der Waals surface area (Å²) in [5.74, 6) is 0.100. The van der Waals surface area contributed by atoms with E-state index in [-0.39, 0.29) is 15.2 Å². The van der Waals surface area contributed by atoms with Gasteiger partial charge < -0.3 is 5.73 Å². The number of carbonyl (C=O) groups is 1. The largest absolute Gasteiger partial charge is 0.322 e. The predicted octanol–water partition coefficient (Wildman–Crippen LogP) is 1.12. The van der Waals surface area contributed by atoms with E-state index in [4.69, 9.17) is 5.73 Å².